The summed E-state index contributed by atoms with van der Waals surface area (Å²) < 4.78 is 5.17. The summed E-state index contributed by atoms with van der Waals surface area (Å²) in [5, 5.41) is 7.38. The van der Waals surface area contributed by atoms with Gasteiger partial charge in [-0.1, -0.05) is 0 Å². The molecule has 1 rings (SSSR count). The van der Waals surface area contributed by atoms with Crippen LogP contribution in [0, 0.1) is 0 Å². The molecule has 1 heterocycles. The predicted molar refractivity (Wildman–Crippen MR) is 72.1 cm³/mol. The number of carbonyl (C=O) groups excluding carboxylic acids is 3. The van der Waals surface area contributed by atoms with Gasteiger partial charge in [-0.3, -0.25) is 14.9 Å². The summed E-state index contributed by atoms with van der Waals surface area (Å²) in [6.45, 7) is 4.40. The average Bonchev–Trinajstić information content (AvgIpc) is 2.47. The van der Waals surface area contributed by atoms with Crippen LogP contribution in [0.3, 0.4) is 0 Å². The van der Waals surface area contributed by atoms with Crippen molar-refractivity contribution in [3.8, 4) is 0 Å². The summed E-state index contributed by atoms with van der Waals surface area (Å²) in [5.74, 6) is -0.386. The molecule has 0 bridgehead atoms. The first-order chi connectivity index (χ1) is 9.54. The average molecular weight is 286 g/mol. The molecule has 8 nitrogen and oxygen atoms in total. The van der Waals surface area contributed by atoms with E-state index in [2.05, 4.69) is 16.0 Å². The Labute approximate surface area is 118 Å². The third-order valence-electron chi connectivity index (χ3n) is 3.01. The van der Waals surface area contributed by atoms with Gasteiger partial charge in [-0.05, 0) is 6.92 Å². The minimum Gasteiger partial charge on any atom is -0.378 e. The lowest BCUT2D eigenvalue weighted by Crippen LogP contribution is -2.48. The van der Waals surface area contributed by atoms with Gasteiger partial charge in [-0.25, -0.2) is 4.79 Å². The molecule has 0 radical (unpaired) electrons. The highest BCUT2D eigenvalue weighted by Gasteiger charge is 2.18. The molecule has 0 aromatic heterocycles. The number of nitrogens with zero attached hydrogens (tertiary/aromatic N) is 1. The number of amides is 4. The molecule has 8 heteroatoms. The fraction of sp³-hybridized carbons (Fsp3) is 0.750. The second-order valence-electron chi connectivity index (χ2n) is 4.49. The number of imide groups is 1. The molecule has 0 aliphatic carbocycles. The number of nitrogens with one attached hydrogen (secondary N) is 3. The molecular formula is C12H22N4O4. The van der Waals surface area contributed by atoms with Gasteiger partial charge in [0.15, 0.2) is 0 Å². The van der Waals surface area contributed by atoms with E-state index in [9.17, 15) is 14.4 Å². The van der Waals surface area contributed by atoms with E-state index < -0.39 is 18.0 Å². The Bertz CT molecular complexity index is 355. The van der Waals surface area contributed by atoms with Crippen molar-refractivity contribution in [1.29, 1.82) is 0 Å². The Morgan fingerprint density at radius 3 is 2.50 bits per heavy atom. The lowest BCUT2D eigenvalue weighted by atomic mass is 10.2. The van der Waals surface area contributed by atoms with E-state index in [4.69, 9.17) is 4.74 Å². The van der Waals surface area contributed by atoms with Crippen molar-refractivity contribution >= 4 is 17.8 Å². The van der Waals surface area contributed by atoms with E-state index in [-0.39, 0.29) is 5.91 Å². The molecule has 1 saturated heterocycles. The Hall–Kier alpha value is -1.67. The lowest BCUT2D eigenvalue weighted by Gasteiger charge is -2.27. The van der Waals surface area contributed by atoms with Crippen molar-refractivity contribution in [2.24, 2.45) is 0 Å². The van der Waals surface area contributed by atoms with Gasteiger partial charge in [-0.15, -0.1) is 0 Å². The van der Waals surface area contributed by atoms with Crippen molar-refractivity contribution < 1.29 is 19.1 Å². The SMILES string of the molecule is CNC(=O)NC(=O)C(C)NCCC(=O)N1CCOCC1. The molecule has 0 aromatic rings. The standard InChI is InChI=1S/C12H22N4O4/c1-9(11(18)15-12(19)13-2)14-4-3-10(17)16-5-7-20-8-6-16/h9,14H,3-8H2,1-2H3,(H2,13,15,18,19). The van der Waals surface area contributed by atoms with E-state index in [0.29, 0.717) is 39.3 Å². The van der Waals surface area contributed by atoms with Crippen molar-refractivity contribution in [2.75, 3.05) is 39.9 Å². The number of hydrogen-bond acceptors (Lipinski definition) is 5. The zero-order valence-electron chi connectivity index (χ0n) is 11.9. The summed E-state index contributed by atoms with van der Waals surface area (Å²) in [4.78, 5) is 36.1. The monoisotopic (exact) mass is 286 g/mol. The first-order valence-corrected chi connectivity index (χ1v) is 6.66. The number of hydrogen-bond donors (Lipinski definition) is 3. The third kappa shape index (κ3) is 5.54. The van der Waals surface area contributed by atoms with E-state index in [0.717, 1.165) is 0 Å². The molecule has 3 N–H and O–H groups in total. The maximum Gasteiger partial charge on any atom is 0.321 e. The quantitative estimate of drug-likeness (QED) is 0.581. The molecule has 0 saturated carbocycles. The van der Waals surface area contributed by atoms with Crippen LogP contribution in [-0.4, -0.2) is 68.7 Å². The molecule has 0 aromatic carbocycles. The van der Waals surface area contributed by atoms with Gasteiger partial charge in [0.05, 0.1) is 19.3 Å². The molecule has 0 spiro atoms. The van der Waals surface area contributed by atoms with Crippen LogP contribution in [0.2, 0.25) is 0 Å². The maximum absolute atomic E-state index is 11.8. The maximum atomic E-state index is 11.8. The number of morpholine rings is 1. The zero-order valence-corrected chi connectivity index (χ0v) is 11.9. The van der Waals surface area contributed by atoms with Crippen LogP contribution >= 0.6 is 0 Å². The Balaban J connectivity index is 2.20. The Morgan fingerprint density at radius 1 is 1.25 bits per heavy atom. The van der Waals surface area contributed by atoms with Crippen LogP contribution in [0.25, 0.3) is 0 Å². The Morgan fingerprint density at radius 2 is 1.90 bits per heavy atom. The van der Waals surface area contributed by atoms with E-state index in [1.54, 1.807) is 11.8 Å². The highest BCUT2D eigenvalue weighted by Crippen LogP contribution is 1.99. The molecule has 1 unspecified atom stereocenters. The van der Waals surface area contributed by atoms with Gasteiger partial charge in [0.1, 0.15) is 0 Å². The van der Waals surface area contributed by atoms with Crippen LogP contribution in [0.5, 0.6) is 0 Å². The van der Waals surface area contributed by atoms with Crippen LogP contribution in [0.4, 0.5) is 4.79 Å². The first-order valence-electron chi connectivity index (χ1n) is 6.66. The van der Waals surface area contributed by atoms with Crippen LogP contribution in [0.1, 0.15) is 13.3 Å². The fourth-order valence-corrected chi connectivity index (χ4v) is 1.74. The summed E-state index contributed by atoms with van der Waals surface area (Å²) >= 11 is 0. The molecule has 4 amide bonds. The van der Waals surface area contributed by atoms with Gasteiger partial charge in [-0.2, -0.15) is 0 Å². The highest BCUT2D eigenvalue weighted by molar-refractivity contribution is 5.96. The summed E-state index contributed by atoms with van der Waals surface area (Å²) in [5.41, 5.74) is 0. The van der Waals surface area contributed by atoms with E-state index in [1.165, 1.54) is 7.05 Å². The second-order valence-corrected chi connectivity index (χ2v) is 4.49. The predicted octanol–water partition coefficient (Wildman–Crippen LogP) is -1.33. The lowest BCUT2D eigenvalue weighted by molar-refractivity contribution is -0.135. The van der Waals surface area contributed by atoms with Gasteiger partial charge < -0.3 is 20.3 Å². The van der Waals surface area contributed by atoms with Crippen LogP contribution in [-0.2, 0) is 14.3 Å². The number of carbonyl (C=O) groups is 3. The minimum atomic E-state index is -0.548. The summed E-state index contributed by atoms with van der Waals surface area (Å²) in [6, 6.07) is -1.09. The normalized spacial score (nSPS) is 16.4. The molecule has 1 fully saturated rings. The molecule has 1 aliphatic heterocycles. The van der Waals surface area contributed by atoms with Crippen LogP contribution < -0.4 is 16.0 Å². The number of ether oxygens (including phenoxy) is 1. The molecule has 1 aliphatic rings. The summed E-state index contributed by atoms with van der Waals surface area (Å²) in [6.07, 6.45) is 0.317. The van der Waals surface area contributed by atoms with Crippen molar-refractivity contribution in [1.82, 2.24) is 20.9 Å². The first kappa shape index (κ1) is 16.4. The van der Waals surface area contributed by atoms with Crippen molar-refractivity contribution in [2.45, 2.75) is 19.4 Å². The van der Waals surface area contributed by atoms with Crippen molar-refractivity contribution in [3.63, 3.8) is 0 Å². The topological polar surface area (TPSA) is 99.8 Å². The smallest absolute Gasteiger partial charge is 0.321 e. The van der Waals surface area contributed by atoms with E-state index in [1.807, 2.05) is 0 Å². The molecule has 114 valence electrons. The van der Waals surface area contributed by atoms with Gasteiger partial charge in [0.2, 0.25) is 11.8 Å². The summed E-state index contributed by atoms with van der Waals surface area (Å²) in [7, 11) is 1.43. The Kier molecular flexibility index (Phi) is 6.96. The number of rotatable bonds is 5. The molecular weight excluding hydrogens is 264 g/mol. The minimum absolute atomic E-state index is 0.0414. The fourth-order valence-electron chi connectivity index (χ4n) is 1.74. The van der Waals surface area contributed by atoms with Gasteiger partial charge in [0, 0.05) is 33.1 Å². The van der Waals surface area contributed by atoms with Crippen molar-refractivity contribution in [3.05, 3.63) is 0 Å². The van der Waals surface area contributed by atoms with Crippen LogP contribution in [0.15, 0.2) is 0 Å². The highest BCUT2D eigenvalue weighted by atomic mass is 16.5. The zero-order chi connectivity index (χ0) is 15.0. The van der Waals surface area contributed by atoms with E-state index >= 15 is 0 Å². The third-order valence-corrected chi connectivity index (χ3v) is 3.01. The number of urea groups is 1. The van der Waals surface area contributed by atoms with Gasteiger partial charge in [0.25, 0.3) is 0 Å². The molecule has 20 heavy (non-hydrogen) atoms. The van der Waals surface area contributed by atoms with Gasteiger partial charge >= 0.3 is 6.03 Å². The molecule has 1 atom stereocenters. The largest absolute Gasteiger partial charge is 0.378 e. The second kappa shape index (κ2) is 8.49.